The molecule has 0 heterocycles. The summed E-state index contributed by atoms with van der Waals surface area (Å²) in [6, 6.07) is 4.22. The van der Waals surface area contributed by atoms with E-state index in [1.807, 2.05) is 0 Å². The van der Waals surface area contributed by atoms with E-state index in [0.29, 0.717) is 4.90 Å². The SMILES string of the molecule is C[NH+](CC(=O)Nc1cc(Cl)ccc1[N+](=O)[O-])CC(=O)NC1CC1. The number of quaternary nitrogens is 1. The number of nitrogens with one attached hydrogen (secondary N) is 3. The van der Waals surface area contributed by atoms with Crippen LogP contribution in [0.4, 0.5) is 11.4 Å². The maximum absolute atomic E-state index is 12.0. The van der Waals surface area contributed by atoms with Crippen LogP contribution in [0.3, 0.4) is 0 Å². The Morgan fingerprint density at radius 1 is 1.35 bits per heavy atom. The molecule has 3 N–H and O–H groups in total. The molecule has 1 atom stereocenters. The van der Waals surface area contributed by atoms with Crippen LogP contribution in [0.2, 0.25) is 5.02 Å². The standard InChI is InChI=1S/C14H17ClN4O4/c1-18(7-13(20)16-10-3-4-10)8-14(21)17-11-6-9(15)2-5-12(11)19(22)23/h2,5-6,10H,3-4,7-8H2,1H3,(H,16,20)(H,17,21)/p+1. The van der Waals surface area contributed by atoms with Gasteiger partial charge < -0.3 is 15.5 Å². The number of halogens is 1. The van der Waals surface area contributed by atoms with E-state index in [4.69, 9.17) is 11.6 Å². The van der Waals surface area contributed by atoms with Crippen molar-refractivity contribution in [3.8, 4) is 0 Å². The maximum Gasteiger partial charge on any atom is 0.292 e. The first-order chi connectivity index (χ1) is 10.8. The normalized spacial score (nSPS) is 14.9. The predicted octanol–water partition coefficient (Wildman–Crippen LogP) is -0.0200. The number of amides is 2. The van der Waals surface area contributed by atoms with Gasteiger partial charge in [-0.15, -0.1) is 0 Å². The lowest BCUT2D eigenvalue weighted by atomic mass is 10.2. The third kappa shape index (κ3) is 5.50. The van der Waals surface area contributed by atoms with Gasteiger partial charge in [0.15, 0.2) is 13.1 Å². The summed E-state index contributed by atoms with van der Waals surface area (Å²) in [5, 5.41) is 16.5. The van der Waals surface area contributed by atoms with E-state index in [9.17, 15) is 19.7 Å². The van der Waals surface area contributed by atoms with Gasteiger partial charge in [0.2, 0.25) is 0 Å². The van der Waals surface area contributed by atoms with Gasteiger partial charge in [-0.2, -0.15) is 0 Å². The molecular weight excluding hydrogens is 324 g/mol. The number of rotatable bonds is 7. The molecule has 124 valence electrons. The van der Waals surface area contributed by atoms with Crippen LogP contribution in [0.25, 0.3) is 0 Å². The second-order valence-electron chi connectivity index (χ2n) is 5.62. The van der Waals surface area contributed by atoms with E-state index in [2.05, 4.69) is 10.6 Å². The van der Waals surface area contributed by atoms with Crippen LogP contribution < -0.4 is 15.5 Å². The molecule has 1 aliphatic carbocycles. The van der Waals surface area contributed by atoms with Gasteiger partial charge in [-0.3, -0.25) is 19.7 Å². The number of carbonyl (C=O) groups excluding carboxylic acids is 2. The number of benzene rings is 1. The highest BCUT2D eigenvalue weighted by molar-refractivity contribution is 6.31. The Kier molecular flexibility index (Phi) is 5.51. The number of hydrogen-bond acceptors (Lipinski definition) is 4. The summed E-state index contributed by atoms with van der Waals surface area (Å²) in [6.07, 6.45) is 2.01. The molecule has 1 fully saturated rings. The van der Waals surface area contributed by atoms with Crippen molar-refractivity contribution in [1.82, 2.24) is 5.32 Å². The second-order valence-corrected chi connectivity index (χ2v) is 6.06. The highest BCUT2D eigenvalue weighted by Gasteiger charge is 2.25. The van der Waals surface area contributed by atoms with Gasteiger partial charge in [0, 0.05) is 17.1 Å². The third-order valence-electron chi connectivity index (χ3n) is 3.30. The Morgan fingerprint density at radius 3 is 2.61 bits per heavy atom. The van der Waals surface area contributed by atoms with Crippen molar-refractivity contribution in [2.24, 2.45) is 0 Å². The number of likely N-dealkylation sites (N-methyl/N-ethyl adjacent to an activating group) is 1. The number of nitrogens with zero attached hydrogens (tertiary/aromatic N) is 1. The van der Waals surface area contributed by atoms with Crippen LogP contribution in [0.5, 0.6) is 0 Å². The topological polar surface area (TPSA) is 106 Å². The van der Waals surface area contributed by atoms with E-state index in [1.165, 1.54) is 18.2 Å². The van der Waals surface area contributed by atoms with Crippen molar-refractivity contribution >= 4 is 34.8 Å². The van der Waals surface area contributed by atoms with Gasteiger partial charge >= 0.3 is 0 Å². The molecule has 23 heavy (non-hydrogen) atoms. The van der Waals surface area contributed by atoms with Crippen LogP contribution in [0, 0.1) is 10.1 Å². The quantitative estimate of drug-likeness (QED) is 0.478. The van der Waals surface area contributed by atoms with Gasteiger partial charge in [0.25, 0.3) is 17.5 Å². The molecule has 0 bridgehead atoms. The first-order valence-corrected chi connectivity index (χ1v) is 7.57. The fourth-order valence-corrected chi connectivity index (χ4v) is 2.25. The van der Waals surface area contributed by atoms with Crippen LogP contribution in [-0.2, 0) is 9.59 Å². The fraction of sp³-hybridized carbons (Fsp3) is 0.429. The zero-order chi connectivity index (χ0) is 17.0. The van der Waals surface area contributed by atoms with E-state index in [0.717, 1.165) is 12.8 Å². The summed E-state index contributed by atoms with van der Waals surface area (Å²) < 4.78 is 0. The monoisotopic (exact) mass is 341 g/mol. The summed E-state index contributed by atoms with van der Waals surface area (Å²) in [5.41, 5.74) is -0.186. The zero-order valence-corrected chi connectivity index (χ0v) is 13.4. The van der Waals surface area contributed by atoms with Gasteiger partial charge in [-0.05, 0) is 25.0 Å². The van der Waals surface area contributed by atoms with Crippen molar-refractivity contribution in [1.29, 1.82) is 0 Å². The van der Waals surface area contributed by atoms with Crippen LogP contribution in [0.1, 0.15) is 12.8 Å². The Labute approximate surface area is 137 Å². The molecular formula is C14H18ClN4O4+. The average Bonchev–Trinajstić information content (AvgIpc) is 3.21. The highest BCUT2D eigenvalue weighted by atomic mass is 35.5. The van der Waals surface area contributed by atoms with Crippen molar-refractivity contribution < 1.29 is 19.4 Å². The van der Waals surface area contributed by atoms with E-state index >= 15 is 0 Å². The zero-order valence-electron chi connectivity index (χ0n) is 12.6. The summed E-state index contributed by atoms with van der Waals surface area (Å²) >= 11 is 5.80. The molecule has 1 aromatic carbocycles. The Bertz CT molecular complexity index is 633. The minimum Gasteiger partial charge on any atom is -0.348 e. The molecule has 0 radical (unpaired) electrons. The van der Waals surface area contributed by atoms with Gasteiger partial charge in [0.1, 0.15) is 5.69 Å². The molecule has 8 nitrogen and oxygen atoms in total. The van der Waals surface area contributed by atoms with E-state index in [-0.39, 0.29) is 41.4 Å². The summed E-state index contributed by atoms with van der Waals surface area (Å²) in [5.74, 6) is -0.529. The van der Waals surface area contributed by atoms with Crippen LogP contribution in [0.15, 0.2) is 18.2 Å². The van der Waals surface area contributed by atoms with Gasteiger partial charge in [-0.25, -0.2) is 0 Å². The first-order valence-electron chi connectivity index (χ1n) is 7.19. The first kappa shape index (κ1) is 17.2. The van der Waals surface area contributed by atoms with E-state index < -0.39 is 10.8 Å². The fourth-order valence-electron chi connectivity index (χ4n) is 2.08. The van der Waals surface area contributed by atoms with Crippen LogP contribution in [-0.4, -0.2) is 42.9 Å². The number of hydrogen-bond donors (Lipinski definition) is 3. The summed E-state index contributed by atoms with van der Waals surface area (Å²) in [7, 11) is 1.71. The van der Waals surface area contributed by atoms with Crippen molar-refractivity contribution in [3.63, 3.8) is 0 Å². The molecule has 0 spiro atoms. The molecule has 2 rings (SSSR count). The average molecular weight is 342 g/mol. The second kappa shape index (κ2) is 7.38. The minimum atomic E-state index is -0.592. The molecule has 1 aromatic rings. The Hall–Kier alpha value is -2.19. The molecule has 2 amide bonds. The highest BCUT2D eigenvalue weighted by Crippen LogP contribution is 2.27. The van der Waals surface area contributed by atoms with E-state index in [1.54, 1.807) is 7.05 Å². The third-order valence-corrected chi connectivity index (χ3v) is 3.53. The summed E-state index contributed by atoms with van der Waals surface area (Å²) in [6.45, 7) is 0.184. The lowest BCUT2D eigenvalue weighted by Crippen LogP contribution is -3.11. The van der Waals surface area contributed by atoms with Crippen molar-refractivity contribution in [2.45, 2.75) is 18.9 Å². The molecule has 1 saturated carbocycles. The predicted molar refractivity (Wildman–Crippen MR) is 84.5 cm³/mol. The maximum atomic E-state index is 12.0. The molecule has 1 unspecified atom stereocenters. The molecule has 0 saturated heterocycles. The largest absolute Gasteiger partial charge is 0.348 e. The Balaban J connectivity index is 1.89. The lowest BCUT2D eigenvalue weighted by molar-refractivity contribution is -0.862. The molecule has 9 heteroatoms. The lowest BCUT2D eigenvalue weighted by Gasteiger charge is -2.13. The Morgan fingerprint density at radius 2 is 2.00 bits per heavy atom. The van der Waals surface area contributed by atoms with Gasteiger partial charge in [-0.1, -0.05) is 11.6 Å². The molecule has 1 aliphatic rings. The molecule has 0 aromatic heterocycles. The van der Waals surface area contributed by atoms with Gasteiger partial charge in [0.05, 0.1) is 12.0 Å². The number of nitro groups is 1. The number of carbonyl (C=O) groups is 2. The smallest absolute Gasteiger partial charge is 0.292 e. The van der Waals surface area contributed by atoms with Crippen molar-refractivity contribution in [3.05, 3.63) is 33.3 Å². The van der Waals surface area contributed by atoms with Crippen LogP contribution >= 0.6 is 11.6 Å². The minimum absolute atomic E-state index is 0.0156. The van der Waals surface area contributed by atoms with Crippen molar-refractivity contribution in [2.75, 3.05) is 25.5 Å². The number of nitro benzene ring substituents is 1. The summed E-state index contributed by atoms with van der Waals surface area (Å²) in [4.78, 5) is 34.7. The molecule has 0 aliphatic heterocycles. The number of anilines is 1.